The molecule has 0 spiro atoms. The molecule has 2 amide bonds. The van der Waals surface area contributed by atoms with Gasteiger partial charge in [0.2, 0.25) is 11.3 Å². The van der Waals surface area contributed by atoms with E-state index in [2.05, 4.69) is 26.1 Å². The molecule has 1 heterocycles. The molecule has 0 atom stereocenters. The summed E-state index contributed by atoms with van der Waals surface area (Å²) in [7, 11) is 1.53. The first-order valence-electron chi connectivity index (χ1n) is 11.7. The van der Waals surface area contributed by atoms with Crippen LogP contribution in [0.25, 0.3) is 10.9 Å². The Hall–Kier alpha value is -3.65. The number of hydroxylamine groups is 1. The van der Waals surface area contributed by atoms with Crippen LogP contribution in [0.1, 0.15) is 62.4 Å². The zero-order chi connectivity index (χ0) is 25.6. The molecule has 3 N–H and O–H groups in total. The van der Waals surface area contributed by atoms with E-state index < -0.39 is 11.8 Å². The summed E-state index contributed by atoms with van der Waals surface area (Å²) in [5, 5.41) is 11.9. The molecule has 0 aliphatic carbocycles. The van der Waals surface area contributed by atoms with Gasteiger partial charge in [-0.2, -0.15) is 0 Å². The standard InChI is InChI=1S/C27H33N3O5/c1-27(2,3)18-9-11-19(12-10-18)28-26(33)22-17-30(15-7-5-6-8-24(31)29-34)23-14-13-20(35-4)16-21(23)25(22)32/h9-14,16-17,34H,5-8,15H2,1-4H3,(H,28,33)(H,29,31). The predicted molar refractivity (Wildman–Crippen MR) is 136 cm³/mol. The Morgan fingerprint density at radius 3 is 2.37 bits per heavy atom. The molecule has 0 saturated heterocycles. The van der Waals surface area contributed by atoms with Crippen LogP contribution >= 0.6 is 0 Å². The number of rotatable bonds is 9. The zero-order valence-electron chi connectivity index (χ0n) is 20.7. The van der Waals surface area contributed by atoms with Crippen LogP contribution in [0, 0.1) is 0 Å². The van der Waals surface area contributed by atoms with Gasteiger partial charge in [-0.05, 0) is 54.2 Å². The molecule has 0 aliphatic heterocycles. The fourth-order valence-corrected chi connectivity index (χ4v) is 3.90. The molecule has 0 saturated carbocycles. The van der Waals surface area contributed by atoms with Crippen molar-refractivity contribution in [1.82, 2.24) is 10.0 Å². The lowest BCUT2D eigenvalue weighted by Crippen LogP contribution is -2.24. The monoisotopic (exact) mass is 479 g/mol. The molecule has 0 bridgehead atoms. The molecule has 0 radical (unpaired) electrons. The van der Waals surface area contributed by atoms with Gasteiger partial charge in [0.25, 0.3) is 5.91 Å². The van der Waals surface area contributed by atoms with Gasteiger partial charge < -0.3 is 14.6 Å². The molecule has 8 nitrogen and oxygen atoms in total. The van der Waals surface area contributed by atoms with Gasteiger partial charge in [0.05, 0.1) is 18.0 Å². The van der Waals surface area contributed by atoms with Gasteiger partial charge in [0, 0.05) is 24.8 Å². The first-order valence-corrected chi connectivity index (χ1v) is 11.7. The number of pyridine rings is 1. The van der Waals surface area contributed by atoms with Crippen LogP contribution < -0.4 is 21.0 Å². The molecule has 1 aromatic heterocycles. The SMILES string of the molecule is COc1ccc2c(c1)c(=O)c(C(=O)Nc1ccc(C(C)(C)C)cc1)cn2CCCCCC(=O)NO. The molecular formula is C27H33N3O5. The quantitative estimate of drug-likeness (QED) is 0.236. The third-order valence-electron chi connectivity index (χ3n) is 5.97. The van der Waals surface area contributed by atoms with Crippen LogP contribution in [0.4, 0.5) is 5.69 Å². The third-order valence-corrected chi connectivity index (χ3v) is 5.97. The topological polar surface area (TPSA) is 110 Å². The lowest BCUT2D eigenvalue weighted by Gasteiger charge is -2.19. The lowest BCUT2D eigenvalue weighted by molar-refractivity contribution is -0.129. The van der Waals surface area contributed by atoms with Crippen LogP contribution in [0.5, 0.6) is 5.75 Å². The van der Waals surface area contributed by atoms with Crippen LogP contribution in [0.2, 0.25) is 0 Å². The number of ether oxygens (including phenoxy) is 1. The number of carbonyl (C=O) groups excluding carboxylic acids is 2. The van der Waals surface area contributed by atoms with Gasteiger partial charge in [-0.3, -0.25) is 19.6 Å². The number of aryl methyl sites for hydroxylation is 1. The number of anilines is 1. The van der Waals surface area contributed by atoms with Crippen molar-refractivity contribution in [3.63, 3.8) is 0 Å². The van der Waals surface area contributed by atoms with Crippen LogP contribution in [0.3, 0.4) is 0 Å². The molecule has 8 heteroatoms. The number of methoxy groups -OCH3 is 1. The number of nitrogens with zero attached hydrogens (tertiary/aromatic N) is 1. The van der Waals surface area contributed by atoms with Crippen molar-refractivity contribution in [2.45, 2.75) is 58.4 Å². The minimum Gasteiger partial charge on any atom is -0.497 e. The molecule has 0 aliphatic rings. The molecule has 0 fully saturated rings. The smallest absolute Gasteiger partial charge is 0.261 e. The summed E-state index contributed by atoms with van der Waals surface area (Å²) < 4.78 is 7.18. The summed E-state index contributed by atoms with van der Waals surface area (Å²) in [6, 6.07) is 12.8. The molecule has 2 aromatic carbocycles. The third kappa shape index (κ3) is 6.48. The summed E-state index contributed by atoms with van der Waals surface area (Å²) in [5.74, 6) is -0.358. The number of hydrogen-bond donors (Lipinski definition) is 3. The Balaban J connectivity index is 1.87. The van der Waals surface area contributed by atoms with Gasteiger partial charge in [0.15, 0.2) is 0 Å². The second kappa shape index (κ2) is 11.2. The van der Waals surface area contributed by atoms with E-state index in [-0.39, 0.29) is 22.8 Å². The number of carbonyl (C=O) groups is 2. The number of fused-ring (bicyclic) bond motifs is 1. The van der Waals surface area contributed by atoms with Crippen molar-refractivity contribution < 1.29 is 19.5 Å². The molecule has 3 rings (SSSR count). The Morgan fingerprint density at radius 1 is 1.03 bits per heavy atom. The van der Waals surface area contributed by atoms with Crippen LogP contribution in [-0.2, 0) is 16.8 Å². The van der Waals surface area contributed by atoms with Gasteiger partial charge in [-0.1, -0.05) is 39.3 Å². The van der Waals surface area contributed by atoms with E-state index in [1.807, 2.05) is 34.9 Å². The van der Waals surface area contributed by atoms with E-state index in [4.69, 9.17) is 9.94 Å². The van der Waals surface area contributed by atoms with Crippen molar-refractivity contribution in [3.05, 3.63) is 70.0 Å². The van der Waals surface area contributed by atoms with Crippen molar-refractivity contribution in [3.8, 4) is 5.75 Å². The molecular weight excluding hydrogens is 446 g/mol. The Labute approximate surface area is 204 Å². The second-order valence-corrected chi connectivity index (χ2v) is 9.58. The number of amides is 2. The molecule has 186 valence electrons. The van der Waals surface area contributed by atoms with Gasteiger partial charge in [0.1, 0.15) is 11.3 Å². The van der Waals surface area contributed by atoms with Gasteiger partial charge in [-0.15, -0.1) is 0 Å². The summed E-state index contributed by atoms with van der Waals surface area (Å²) >= 11 is 0. The molecule has 0 unspecified atom stereocenters. The van der Waals surface area contributed by atoms with Crippen molar-refractivity contribution in [2.75, 3.05) is 12.4 Å². The Kier molecular flexibility index (Phi) is 8.30. The Morgan fingerprint density at radius 2 is 1.74 bits per heavy atom. The van der Waals surface area contributed by atoms with Crippen molar-refractivity contribution in [1.29, 1.82) is 0 Å². The summed E-state index contributed by atoms with van der Waals surface area (Å²) in [5.41, 5.74) is 3.77. The molecule has 35 heavy (non-hydrogen) atoms. The maximum absolute atomic E-state index is 13.3. The highest BCUT2D eigenvalue weighted by Crippen LogP contribution is 2.24. The van der Waals surface area contributed by atoms with E-state index in [1.54, 1.807) is 23.8 Å². The highest BCUT2D eigenvalue weighted by Gasteiger charge is 2.18. The van der Waals surface area contributed by atoms with E-state index in [1.165, 1.54) is 7.11 Å². The largest absolute Gasteiger partial charge is 0.497 e. The number of aromatic nitrogens is 1. The minimum absolute atomic E-state index is 0.00440. The van der Waals surface area contributed by atoms with E-state index >= 15 is 0 Å². The average Bonchev–Trinajstić information content (AvgIpc) is 2.84. The fraction of sp³-hybridized carbons (Fsp3) is 0.370. The first-order chi connectivity index (χ1) is 16.6. The molecule has 3 aromatic rings. The number of benzene rings is 2. The van der Waals surface area contributed by atoms with Crippen LogP contribution in [0.15, 0.2) is 53.5 Å². The summed E-state index contributed by atoms with van der Waals surface area (Å²) in [6.07, 6.45) is 3.93. The predicted octanol–water partition coefficient (Wildman–Crippen LogP) is 4.63. The van der Waals surface area contributed by atoms with E-state index in [9.17, 15) is 14.4 Å². The minimum atomic E-state index is -0.475. The average molecular weight is 480 g/mol. The number of unbranched alkanes of at least 4 members (excludes halogenated alkanes) is 2. The van der Waals surface area contributed by atoms with Crippen molar-refractivity contribution in [2.24, 2.45) is 0 Å². The zero-order valence-corrected chi connectivity index (χ0v) is 20.7. The van der Waals surface area contributed by atoms with Crippen LogP contribution in [-0.4, -0.2) is 28.7 Å². The normalized spacial score (nSPS) is 11.3. The van der Waals surface area contributed by atoms with Gasteiger partial charge in [-0.25, -0.2) is 5.48 Å². The number of hydrogen-bond acceptors (Lipinski definition) is 5. The highest BCUT2D eigenvalue weighted by molar-refractivity contribution is 6.05. The fourth-order valence-electron chi connectivity index (χ4n) is 3.90. The van der Waals surface area contributed by atoms with Gasteiger partial charge >= 0.3 is 0 Å². The van der Waals surface area contributed by atoms with Crippen molar-refractivity contribution >= 4 is 28.4 Å². The second-order valence-electron chi connectivity index (χ2n) is 9.58. The maximum Gasteiger partial charge on any atom is 0.261 e. The highest BCUT2D eigenvalue weighted by atomic mass is 16.5. The maximum atomic E-state index is 13.3. The lowest BCUT2D eigenvalue weighted by atomic mass is 9.87. The number of nitrogens with one attached hydrogen (secondary N) is 2. The van der Waals surface area contributed by atoms with E-state index in [0.717, 1.165) is 18.4 Å². The first kappa shape index (κ1) is 26.0. The summed E-state index contributed by atoms with van der Waals surface area (Å²) in [4.78, 5) is 37.6. The van der Waals surface area contributed by atoms with E-state index in [0.29, 0.717) is 35.3 Å². The summed E-state index contributed by atoms with van der Waals surface area (Å²) in [6.45, 7) is 6.92. The Bertz CT molecular complexity index is 1260.